The van der Waals surface area contributed by atoms with Crippen molar-refractivity contribution in [1.29, 1.82) is 0 Å². The van der Waals surface area contributed by atoms with Crippen molar-refractivity contribution < 1.29 is 24.1 Å². The van der Waals surface area contributed by atoms with Crippen LogP contribution >= 0.6 is 0 Å². The molecule has 0 saturated carbocycles. The summed E-state index contributed by atoms with van der Waals surface area (Å²) in [7, 11) is 0. The topological polar surface area (TPSA) is 84.0 Å². The molecule has 1 aliphatic carbocycles. The second-order valence-electron chi connectivity index (χ2n) is 9.64. The molecule has 4 unspecified atom stereocenters. The molecule has 7 nitrogen and oxygen atoms in total. The summed E-state index contributed by atoms with van der Waals surface area (Å²) < 4.78 is 17.3. The van der Waals surface area contributed by atoms with E-state index in [-0.39, 0.29) is 31.1 Å². The van der Waals surface area contributed by atoms with Gasteiger partial charge in [0.25, 0.3) is 0 Å². The molecule has 4 heterocycles. The summed E-state index contributed by atoms with van der Waals surface area (Å²) in [4.78, 5) is 18.7. The summed E-state index contributed by atoms with van der Waals surface area (Å²) in [5.74, 6) is 1.06. The van der Waals surface area contributed by atoms with E-state index in [2.05, 4.69) is 16.0 Å². The van der Waals surface area contributed by atoms with Crippen LogP contribution in [0.1, 0.15) is 35.4 Å². The number of rotatable bonds is 4. The van der Waals surface area contributed by atoms with E-state index in [9.17, 15) is 9.90 Å². The second kappa shape index (κ2) is 7.61. The van der Waals surface area contributed by atoms with Gasteiger partial charge in [-0.25, -0.2) is 0 Å². The minimum absolute atomic E-state index is 0.132. The minimum Gasteiger partial charge on any atom is -0.459 e. The number of nitrogens with one attached hydrogen (secondary N) is 1. The van der Waals surface area contributed by atoms with Crippen LogP contribution in [-0.4, -0.2) is 52.5 Å². The number of aromatic amines is 1. The van der Waals surface area contributed by atoms with Gasteiger partial charge in [-0.1, -0.05) is 29.8 Å². The zero-order chi connectivity index (χ0) is 22.8. The van der Waals surface area contributed by atoms with Gasteiger partial charge in [-0.2, -0.15) is 0 Å². The third-order valence-electron chi connectivity index (χ3n) is 7.78. The number of carbonyl (C=O) groups excluding carboxylic acids is 1. The quantitative estimate of drug-likeness (QED) is 0.461. The Morgan fingerprint density at radius 1 is 1.21 bits per heavy atom. The standard InChI is InChI=1S/C27H26N2O5/c30-21-9-15-7-8-29-13-17-10-22-23(33-14-32-22)11-19(17)25(26(15)29)27(21)34-24(31)6-5-16-12-28-20-4-2-1-3-18(16)20/h1-4,9-12,21,25-28,30H,5-8,13-14H2. The molecule has 1 aromatic heterocycles. The van der Waals surface area contributed by atoms with Crippen molar-refractivity contribution >= 4 is 16.9 Å². The van der Waals surface area contributed by atoms with E-state index in [1.54, 1.807) is 0 Å². The third kappa shape index (κ3) is 3.07. The van der Waals surface area contributed by atoms with E-state index in [1.165, 1.54) is 5.57 Å². The fourth-order valence-electron chi connectivity index (χ4n) is 6.26. The first-order valence-electron chi connectivity index (χ1n) is 12.0. The number of hydrogen-bond donors (Lipinski definition) is 2. The lowest BCUT2D eigenvalue weighted by molar-refractivity contribution is -0.157. The molecule has 174 valence electrons. The average molecular weight is 459 g/mol. The Labute approximate surface area is 196 Å². The molecule has 34 heavy (non-hydrogen) atoms. The molecule has 0 radical (unpaired) electrons. The number of fused-ring (bicyclic) bond motifs is 4. The Morgan fingerprint density at radius 2 is 2.06 bits per heavy atom. The zero-order valence-electron chi connectivity index (χ0n) is 18.7. The van der Waals surface area contributed by atoms with Gasteiger partial charge < -0.3 is 24.3 Å². The highest BCUT2D eigenvalue weighted by Gasteiger charge is 2.50. The summed E-state index contributed by atoms with van der Waals surface area (Å²) in [5.41, 5.74) is 5.64. The van der Waals surface area contributed by atoms with E-state index in [4.69, 9.17) is 14.2 Å². The lowest BCUT2D eigenvalue weighted by Gasteiger charge is -2.45. The highest BCUT2D eigenvalue weighted by Crippen LogP contribution is 2.50. The van der Waals surface area contributed by atoms with Crippen LogP contribution in [0.25, 0.3) is 10.9 Å². The molecule has 0 bridgehead atoms. The minimum atomic E-state index is -0.829. The fraction of sp³-hybridized carbons (Fsp3) is 0.370. The molecule has 2 N–H and O–H groups in total. The molecule has 1 saturated heterocycles. The molecule has 7 heteroatoms. The number of aliphatic hydroxyl groups excluding tert-OH is 1. The van der Waals surface area contributed by atoms with Gasteiger partial charge in [-0.05, 0) is 47.7 Å². The molecule has 7 rings (SSSR count). The first-order chi connectivity index (χ1) is 16.7. The van der Waals surface area contributed by atoms with Crippen LogP contribution < -0.4 is 9.47 Å². The Morgan fingerprint density at radius 3 is 2.97 bits per heavy atom. The maximum Gasteiger partial charge on any atom is 0.306 e. The summed E-state index contributed by atoms with van der Waals surface area (Å²) in [6, 6.07) is 12.3. The van der Waals surface area contributed by atoms with Gasteiger partial charge >= 0.3 is 5.97 Å². The molecule has 1 fully saturated rings. The van der Waals surface area contributed by atoms with Crippen molar-refractivity contribution in [3.05, 3.63) is 70.9 Å². The highest BCUT2D eigenvalue weighted by atomic mass is 16.7. The number of aliphatic hydroxyl groups is 1. The van der Waals surface area contributed by atoms with Gasteiger partial charge in [0.2, 0.25) is 6.79 Å². The number of carbonyl (C=O) groups is 1. The van der Waals surface area contributed by atoms with Crippen LogP contribution in [0, 0.1) is 0 Å². The lowest BCUT2D eigenvalue weighted by Crippen LogP contribution is -2.51. The molecule has 4 atom stereocenters. The molecular formula is C27H26N2O5. The van der Waals surface area contributed by atoms with Crippen molar-refractivity contribution in [2.45, 2.75) is 50.0 Å². The first kappa shape index (κ1) is 20.1. The SMILES string of the molecule is O=C(CCc1c[nH]c2ccccc12)OC1C(O)C=C2CCN3Cc4cc5c(cc4C1C23)OCO5. The van der Waals surface area contributed by atoms with E-state index >= 15 is 0 Å². The number of aryl methyl sites for hydroxylation is 1. The number of benzene rings is 2. The number of hydrogen-bond acceptors (Lipinski definition) is 6. The normalized spacial score (nSPS) is 26.8. The second-order valence-corrected chi connectivity index (χ2v) is 9.64. The van der Waals surface area contributed by atoms with Crippen molar-refractivity contribution in [2.24, 2.45) is 0 Å². The number of para-hydroxylation sites is 1. The Hall–Kier alpha value is -3.29. The Balaban J connectivity index is 1.17. The summed E-state index contributed by atoms with van der Waals surface area (Å²) in [6.07, 6.45) is 4.18. The summed E-state index contributed by atoms with van der Waals surface area (Å²) in [6.45, 7) is 1.98. The van der Waals surface area contributed by atoms with Crippen LogP contribution in [0.2, 0.25) is 0 Å². The van der Waals surface area contributed by atoms with Crippen molar-refractivity contribution in [1.82, 2.24) is 9.88 Å². The average Bonchev–Trinajstić information content (AvgIpc) is 3.57. The Kier molecular flexibility index (Phi) is 4.50. The highest BCUT2D eigenvalue weighted by molar-refractivity contribution is 5.83. The zero-order valence-corrected chi connectivity index (χ0v) is 18.7. The van der Waals surface area contributed by atoms with Crippen molar-refractivity contribution in [3.8, 4) is 11.5 Å². The molecular weight excluding hydrogens is 432 g/mol. The molecule has 4 aliphatic rings. The number of esters is 1. The maximum atomic E-state index is 13.0. The van der Waals surface area contributed by atoms with Crippen molar-refractivity contribution in [2.75, 3.05) is 13.3 Å². The van der Waals surface area contributed by atoms with Gasteiger partial charge in [0.1, 0.15) is 12.2 Å². The van der Waals surface area contributed by atoms with Crippen LogP contribution in [0.3, 0.4) is 0 Å². The lowest BCUT2D eigenvalue weighted by atomic mass is 9.73. The maximum absolute atomic E-state index is 13.0. The van der Waals surface area contributed by atoms with E-state index in [0.717, 1.165) is 58.6 Å². The fourth-order valence-corrected chi connectivity index (χ4v) is 6.26. The van der Waals surface area contributed by atoms with Crippen LogP contribution in [0.15, 0.2) is 54.2 Å². The monoisotopic (exact) mass is 458 g/mol. The van der Waals surface area contributed by atoms with E-state index in [0.29, 0.717) is 6.42 Å². The number of H-pyrrole nitrogens is 1. The molecule has 2 aromatic carbocycles. The van der Waals surface area contributed by atoms with Gasteiger partial charge in [0.15, 0.2) is 11.5 Å². The van der Waals surface area contributed by atoms with Gasteiger partial charge in [-0.15, -0.1) is 0 Å². The number of aromatic nitrogens is 1. The number of ether oxygens (including phenoxy) is 3. The van der Waals surface area contributed by atoms with Crippen LogP contribution in [-0.2, 0) is 22.5 Å². The summed E-state index contributed by atoms with van der Waals surface area (Å²) in [5, 5.41) is 12.2. The van der Waals surface area contributed by atoms with Crippen LogP contribution in [0.4, 0.5) is 0 Å². The molecule has 3 aromatic rings. The van der Waals surface area contributed by atoms with Gasteiger partial charge in [0.05, 0.1) is 0 Å². The summed E-state index contributed by atoms with van der Waals surface area (Å²) >= 11 is 0. The molecule has 0 amide bonds. The first-order valence-corrected chi connectivity index (χ1v) is 12.0. The third-order valence-corrected chi connectivity index (χ3v) is 7.78. The largest absolute Gasteiger partial charge is 0.459 e. The predicted octanol–water partition coefficient (Wildman–Crippen LogP) is 3.41. The van der Waals surface area contributed by atoms with Gasteiger partial charge in [-0.3, -0.25) is 9.69 Å². The Bertz CT molecular complexity index is 1330. The molecule has 0 spiro atoms. The van der Waals surface area contributed by atoms with Crippen molar-refractivity contribution in [3.63, 3.8) is 0 Å². The molecule has 3 aliphatic heterocycles. The smallest absolute Gasteiger partial charge is 0.306 e. The van der Waals surface area contributed by atoms with Crippen LogP contribution in [0.5, 0.6) is 11.5 Å². The van der Waals surface area contributed by atoms with E-state index in [1.807, 2.05) is 42.6 Å². The van der Waals surface area contributed by atoms with E-state index < -0.39 is 12.2 Å². The van der Waals surface area contributed by atoms with Gasteiger partial charge in [0, 0.05) is 48.6 Å². The number of nitrogens with zero attached hydrogens (tertiary/aromatic N) is 1. The predicted molar refractivity (Wildman–Crippen MR) is 125 cm³/mol.